The van der Waals surface area contributed by atoms with Crippen molar-refractivity contribution in [2.75, 3.05) is 5.32 Å². The Kier molecular flexibility index (Phi) is 3.95. The summed E-state index contributed by atoms with van der Waals surface area (Å²) in [5.74, 6) is -1.84. The molecule has 102 valence electrons. The molecule has 1 aromatic heterocycles. The minimum atomic E-state index is -1.26. The average Bonchev–Trinajstić information content (AvgIpc) is 2.42. The fourth-order valence-corrected chi connectivity index (χ4v) is 1.67. The number of amides is 1. The summed E-state index contributed by atoms with van der Waals surface area (Å²) in [6.45, 7) is 1.77. The lowest BCUT2D eigenvalue weighted by Crippen LogP contribution is -2.17. The van der Waals surface area contributed by atoms with Crippen LogP contribution in [0.15, 0.2) is 30.6 Å². The quantitative estimate of drug-likeness (QED) is 0.906. The van der Waals surface area contributed by atoms with Crippen molar-refractivity contribution < 1.29 is 14.7 Å². The van der Waals surface area contributed by atoms with Crippen molar-refractivity contribution in [1.82, 2.24) is 9.97 Å². The van der Waals surface area contributed by atoms with Crippen LogP contribution in [-0.4, -0.2) is 27.0 Å². The van der Waals surface area contributed by atoms with Crippen molar-refractivity contribution in [3.8, 4) is 0 Å². The highest BCUT2D eigenvalue weighted by molar-refractivity contribution is 6.31. The van der Waals surface area contributed by atoms with Gasteiger partial charge in [0.25, 0.3) is 5.91 Å². The van der Waals surface area contributed by atoms with Crippen molar-refractivity contribution in [3.63, 3.8) is 0 Å². The monoisotopic (exact) mass is 291 g/mol. The van der Waals surface area contributed by atoms with Gasteiger partial charge in [0.05, 0.1) is 0 Å². The molecule has 0 unspecified atom stereocenters. The zero-order chi connectivity index (χ0) is 14.7. The maximum Gasteiger partial charge on any atom is 0.358 e. The molecule has 0 aliphatic heterocycles. The Morgan fingerprint density at radius 2 is 1.95 bits per heavy atom. The average molecular weight is 292 g/mol. The number of carboxylic acid groups (broad SMARTS) is 1. The molecule has 0 bridgehead atoms. The van der Waals surface area contributed by atoms with Crippen LogP contribution in [0.5, 0.6) is 0 Å². The number of rotatable bonds is 3. The zero-order valence-corrected chi connectivity index (χ0v) is 11.2. The first kappa shape index (κ1) is 14.0. The maximum atomic E-state index is 12.0. The van der Waals surface area contributed by atoms with E-state index in [0.29, 0.717) is 10.6 Å². The van der Waals surface area contributed by atoms with Gasteiger partial charge in [-0.15, -0.1) is 0 Å². The molecule has 2 aromatic rings. The molecule has 0 fully saturated rings. The molecule has 0 aliphatic rings. The molecule has 0 radical (unpaired) electrons. The van der Waals surface area contributed by atoms with Crippen molar-refractivity contribution in [3.05, 3.63) is 52.4 Å². The molecule has 2 rings (SSSR count). The minimum absolute atomic E-state index is 0.0994. The summed E-state index contributed by atoms with van der Waals surface area (Å²) in [6.07, 6.45) is 2.54. The van der Waals surface area contributed by atoms with Gasteiger partial charge in [-0.25, -0.2) is 14.8 Å². The van der Waals surface area contributed by atoms with Crippen LogP contribution in [0.3, 0.4) is 0 Å². The van der Waals surface area contributed by atoms with E-state index in [1.165, 1.54) is 12.4 Å². The fourth-order valence-electron chi connectivity index (χ4n) is 1.55. The number of anilines is 1. The molecule has 1 aromatic carbocycles. The standard InChI is InChI=1S/C13H10ClN3O3/c1-7-6-8(2-3-9(7)14)12(18)17-11-10(13(19)20)15-4-5-16-11/h2-6H,1H3,(H,19,20)(H,16,17,18). The predicted octanol–water partition coefficient (Wildman–Crippen LogP) is 2.39. The van der Waals surface area contributed by atoms with Crippen LogP contribution >= 0.6 is 11.6 Å². The van der Waals surface area contributed by atoms with Gasteiger partial charge >= 0.3 is 5.97 Å². The smallest absolute Gasteiger partial charge is 0.358 e. The van der Waals surface area contributed by atoms with E-state index in [4.69, 9.17) is 16.7 Å². The van der Waals surface area contributed by atoms with Gasteiger partial charge in [0.15, 0.2) is 11.5 Å². The van der Waals surface area contributed by atoms with E-state index in [1.54, 1.807) is 25.1 Å². The van der Waals surface area contributed by atoms with E-state index in [-0.39, 0.29) is 11.5 Å². The summed E-state index contributed by atoms with van der Waals surface area (Å²) in [5, 5.41) is 11.9. The topological polar surface area (TPSA) is 92.2 Å². The molecule has 0 saturated carbocycles. The molecule has 0 atom stereocenters. The van der Waals surface area contributed by atoms with Crippen molar-refractivity contribution in [1.29, 1.82) is 0 Å². The number of nitrogens with one attached hydrogen (secondary N) is 1. The van der Waals surface area contributed by atoms with Gasteiger partial charge in [-0.1, -0.05) is 11.6 Å². The van der Waals surface area contributed by atoms with E-state index >= 15 is 0 Å². The Balaban J connectivity index is 2.28. The van der Waals surface area contributed by atoms with Gasteiger partial charge in [-0.2, -0.15) is 0 Å². The van der Waals surface area contributed by atoms with Crippen LogP contribution in [0, 0.1) is 6.92 Å². The number of benzene rings is 1. The number of aryl methyl sites for hydroxylation is 1. The summed E-state index contributed by atoms with van der Waals surface area (Å²) >= 11 is 5.88. The largest absolute Gasteiger partial charge is 0.476 e. The number of carboxylic acids is 1. The molecular weight excluding hydrogens is 282 g/mol. The van der Waals surface area contributed by atoms with E-state index < -0.39 is 11.9 Å². The maximum absolute atomic E-state index is 12.0. The lowest BCUT2D eigenvalue weighted by molar-refractivity contribution is 0.0691. The highest BCUT2D eigenvalue weighted by Gasteiger charge is 2.16. The first-order valence-electron chi connectivity index (χ1n) is 5.61. The molecule has 20 heavy (non-hydrogen) atoms. The lowest BCUT2D eigenvalue weighted by atomic mass is 10.1. The number of carbonyl (C=O) groups is 2. The van der Waals surface area contributed by atoms with Gasteiger partial charge in [0, 0.05) is 23.0 Å². The number of nitrogens with zero attached hydrogens (tertiary/aromatic N) is 2. The third-order valence-electron chi connectivity index (χ3n) is 2.55. The summed E-state index contributed by atoms with van der Waals surface area (Å²) in [4.78, 5) is 30.5. The SMILES string of the molecule is Cc1cc(C(=O)Nc2nccnc2C(=O)O)ccc1Cl. The molecule has 2 N–H and O–H groups in total. The van der Waals surface area contributed by atoms with Gasteiger partial charge in [-0.05, 0) is 30.7 Å². The number of carbonyl (C=O) groups excluding carboxylic acids is 1. The third-order valence-corrected chi connectivity index (χ3v) is 2.98. The van der Waals surface area contributed by atoms with Crippen LogP contribution in [0.1, 0.15) is 26.4 Å². The summed E-state index contributed by atoms with van der Waals surface area (Å²) < 4.78 is 0. The van der Waals surface area contributed by atoms with Crippen LogP contribution in [0.4, 0.5) is 5.82 Å². The van der Waals surface area contributed by atoms with Crippen LogP contribution in [0.25, 0.3) is 0 Å². The Bertz CT molecular complexity index is 688. The van der Waals surface area contributed by atoms with E-state index in [0.717, 1.165) is 5.56 Å². The second-order valence-electron chi connectivity index (χ2n) is 3.98. The van der Waals surface area contributed by atoms with Crippen molar-refractivity contribution >= 4 is 29.3 Å². The van der Waals surface area contributed by atoms with E-state index in [2.05, 4.69) is 15.3 Å². The Morgan fingerprint density at radius 1 is 1.25 bits per heavy atom. The molecule has 1 amide bonds. The first-order valence-corrected chi connectivity index (χ1v) is 5.98. The second kappa shape index (κ2) is 5.66. The molecule has 0 spiro atoms. The first-order chi connectivity index (χ1) is 9.49. The molecular formula is C13H10ClN3O3. The lowest BCUT2D eigenvalue weighted by Gasteiger charge is -2.07. The Hall–Kier alpha value is -2.47. The molecule has 0 aliphatic carbocycles. The summed E-state index contributed by atoms with van der Waals surface area (Å²) in [6, 6.07) is 4.75. The Labute approximate surface area is 119 Å². The molecule has 1 heterocycles. The fraction of sp³-hybridized carbons (Fsp3) is 0.0769. The van der Waals surface area contributed by atoms with Crippen LogP contribution in [-0.2, 0) is 0 Å². The van der Waals surface area contributed by atoms with Gasteiger partial charge in [-0.3, -0.25) is 4.79 Å². The number of aromatic nitrogens is 2. The highest BCUT2D eigenvalue weighted by Crippen LogP contribution is 2.17. The summed E-state index contributed by atoms with van der Waals surface area (Å²) in [5.41, 5.74) is 0.789. The van der Waals surface area contributed by atoms with Crippen LogP contribution < -0.4 is 5.32 Å². The zero-order valence-electron chi connectivity index (χ0n) is 10.4. The number of aromatic carboxylic acids is 1. The molecule has 0 saturated heterocycles. The van der Waals surface area contributed by atoms with Gasteiger partial charge in [0.1, 0.15) is 0 Å². The van der Waals surface area contributed by atoms with Crippen LogP contribution in [0.2, 0.25) is 5.02 Å². The highest BCUT2D eigenvalue weighted by atomic mass is 35.5. The van der Waals surface area contributed by atoms with Gasteiger partial charge < -0.3 is 10.4 Å². The summed E-state index contributed by atoms with van der Waals surface area (Å²) in [7, 11) is 0. The third kappa shape index (κ3) is 2.92. The van der Waals surface area contributed by atoms with Gasteiger partial charge in [0.2, 0.25) is 0 Å². The van der Waals surface area contributed by atoms with Crippen molar-refractivity contribution in [2.45, 2.75) is 6.92 Å². The van der Waals surface area contributed by atoms with E-state index in [9.17, 15) is 9.59 Å². The Morgan fingerprint density at radius 3 is 2.60 bits per heavy atom. The molecule has 6 nitrogen and oxygen atoms in total. The molecule has 7 heteroatoms. The van der Waals surface area contributed by atoms with Crippen molar-refractivity contribution in [2.24, 2.45) is 0 Å². The number of halogens is 1. The normalized spacial score (nSPS) is 10.1. The number of hydrogen-bond donors (Lipinski definition) is 2. The second-order valence-corrected chi connectivity index (χ2v) is 4.38. The number of hydrogen-bond acceptors (Lipinski definition) is 4. The predicted molar refractivity (Wildman–Crippen MR) is 73.1 cm³/mol. The minimum Gasteiger partial charge on any atom is -0.476 e. The van der Waals surface area contributed by atoms with E-state index in [1.807, 2.05) is 0 Å².